The van der Waals surface area contributed by atoms with Crippen LogP contribution in [0.4, 0.5) is 5.82 Å². The molecule has 7 nitrogen and oxygen atoms in total. The van der Waals surface area contributed by atoms with Crippen LogP contribution in [0.3, 0.4) is 0 Å². The maximum atomic E-state index is 13.9. The molecule has 0 spiro atoms. The van der Waals surface area contributed by atoms with E-state index in [1.807, 2.05) is 48.5 Å². The highest BCUT2D eigenvalue weighted by atomic mass is 35.5. The molecule has 2 heterocycles. The molecule has 0 saturated carbocycles. The third-order valence-electron chi connectivity index (χ3n) is 7.27. The van der Waals surface area contributed by atoms with Gasteiger partial charge in [-0.25, -0.2) is 0 Å². The molecule has 1 fully saturated rings. The van der Waals surface area contributed by atoms with Crippen LogP contribution >= 0.6 is 23.2 Å². The van der Waals surface area contributed by atoms with E-state index in [4.69, 9.17) is 27.7 Å². The van der Waals surface area contributed by atoms with Gasteiger partial charge in [0.1, 0.15) is 21.6 Å². The standard InChI is InChI=1S/C25H19Cl2N3O4/c1-12-11-18(29-34-12)28-21(31)13(2)30-22(32)19-20(23(30)33)25(27)15-8-4-3-7-14(15)24(19,26)16-9-5-6-10-17(16)25/h3-11,13,19-20H,1-2H3,(H,28,29,31)/t13-,19+,20+,24?,25?/m0/s1. The van der Waals surface area contributed by atoms with Crippen LogP contribution < -0.4 is 5.32 Å². The van der Waals surface area contributed by atoms with E-state index in [1.54, 1.807) is 13.0 Å². The van der Waals surface area contributed by atoms with Gasteiger partial charge in [-0.05, 0) is 36.1 Å². The molecule has 0 radical (unpaired) electrons. The molecule has 3 amide bonds. The lowest BCUT2D eigenvalue weighted by molar-refractivity contribution is -0.146. The number of imide groups is 1. The Hall–Kier alpha value is -3.16. The molecule has 1 aliphatic heterocycles. The van der Waals surface area contributed by atoms with Crippen molar-refractivity contribution in [1.82, 2.24) is 10.1 Å². The SMILES string of the molecule is Cc1cc(NC(=O)[C@H](C)N2C(=O)[C@H]3[C@H](C2=O)C2(Cl)c4ccccc4C3(Cl)c3ccccc32)no1. The van der Waals surface area contributed by atoms with Gasteiger partial charge < -0.3 is 9.84 Å². The smallest absolute Gasteiger partial charge is 0.248 e. The molecule has 1 saturated heterocycles. The lowest BCUT2D eigenvalue weighted by Crippen LogP contribution is -2.57. The van der Waals surface area contributed by atoms with Crippen molar-refractivity contribution in [1.29, 1.82) is 0 Å². The molecule has 4 aliphatic rings. The monoisotopic (exact) mass is 495 g/mol. The summed E-state index contributed by atoms with van der Waals surface area (Å²) in [7, 11) is 0. The highest BCUT2D eigenvalue weighted by Crippen LogP contribution is 2.69. The Labute approximate surface area is 205 Å². The van der Waals surface area contributed by atoms with Crippen molar-refractivity contribution >= 4 is 46.7 Å². The topological polar surface area (TPSA) is 92.5 Å². The highest BCUT2D eigenvalue weighted by Gasteiger charge is 2.73. The number of alkyl halides is 2. The van der Waals surface area contributed by atoms with Crippen molar-refractivity contribution in [3.8, 4) is 0 Å². The molecule has 172 valence electrons. The average Bonchev–Trinajstić information content (AvgIpc) is 3.36. The van der Waals surface area contributed by atoms with E-state index in [1.165, 1.54) is 6.92 Å². The molecule has 34 heavy (non-hydrogen) atoms. The molecular formula is C25H19Cl2N3O4. The Morgan fingerprint density at radius 3 is 1.79 bits per heavy atom. The van der Waals surface area contributed by atoms with Crippen LogP contribution in [-0.2, 0) is 24.1 Å². The van der Waals surface area contributed by atoms with Crippen LogP contribution in [-0.4, -0.2) is 33.8 Å². The third-order valence-corrected chi connectivity index (χ3v) is 8.55. The molecule has 3 aromatic rings. The fourth-order valence-corrected chi connectivity index (χ4v) is 6.94. The molecule has 7 rings (SSSR count). The number of nitrogens with one attached hydrogen (secondary N) is 1. The van der Waals surface area contributed by atoms with Gasteiger partial charge in [-0.15, -0.1) is 23.2 Å². The highest BCUT2D eigenvalue weighted by molar-refractivity contribution is 6.36. The zero-order chi connectivity index (χ0) is 24.0. The Morgan fingerprint density at radius 2 is 1.41 bits per heavy atom. The molecule has 3 atom stereocenters. The quantitative estimate of drug-likeness (QED) is 0.439. The normalized spacial score (nSPS) is 29.5. The number of carbonyl (C=O) groups excluding carboxylic acids is 3. The lowest BCUT2D eigenvalue weighted by atomic mass is 9.54. The molecule has 2 aromatic carbocycles. The van der Waals surface area contributed by atoms with Gasteiger partial charge in [0, 0.05) is 6.07 Å². The lowest BCUT2D eigenvalue weighted by Gasteiger charge is -2.54. The average molecular weight is 496 g/mol. The minimum Gasteiger partial charge on any atom is -0.360 e. The molecule has 1 N–H and O–H groups in total. The summed E-state index contributed by atoms with van der Waals surface area (Å²) in [6.45, 7) is 3.19. The number of benzene rings is 2. The number of aryl methyl sites for hydroxylation is 1. The number of carbonyl (C=O) groups is 3. The first kappa shape index (κ1) is 21.4. The number of amides is 3. The first-order valence-corrected chi connectivity index (χ1v) is 11.6. The minimum absolute atomic E-state index is 0.202. The number of anilines is 1. The Bertz CT molecular complexity index is 1280. The van der Waals surface area contributed by atoms with Crippen molar-refractivity contribution in [2.24, 2.45) is 11.8 Å². The zero-order valence-corrected chi connectivity index (χ0v) is 19.7. The molecular weight excluding hydrogens is 477 g/mol. The zero-order valence-electron chi connectivity index (χ0n) is 18.2. The van der Waals surface area contributed by atoms with E-state index < -0.39 is 45.3 Å². The molecule has 2 bridgehead atoms. The van der Waals surface area contributed by atoms with Crippen LogP contribution in [0.2, 0.25) is 0 Å². The van der Waals surface area contributed by atoms with Crippen molar-refractivity contribution in [3.63, 3.8) is 0 Å². The van der Waals surface area contributed by atoms with Crippen LogP contribution in [0.1, 0.15) is 34.9 Å². The predicted molar refractivity (Wildman–Crippen MR) is 124 cm³/mol. The third kappa shape index (κ3) is 2.43. The molecule has 1 aromatic heterocycles. The number of nitrogens with zero attached hydrogens (tertiary/aromatic N) is 2. The number of aromatic nitrogens is 1. The summed E-state index contributed by atoms with van der Waals surface area (Å²) in [4.78, 5) is 39.1. The second-order valence-corrected chi connectivity index (χ2v) is 10.2. The van der Waals surface area contributed by atoms with Gasteiger partial charge in [-0.2, -0.15) is 0 Å². The Kier molecular flexibility index (Phi) is 4.36. The van der Waals surface area contributed by atoms with Gasteiger partial charge in [-0.3, -0.25) is 19.3 Å². The van der Waals surface area contributed by atoms with E-state index in [0.29, 0.717) is 28.0 Å². The number of hydrogen-bond acceptors (Lipinski definition) is 5. The second kappa shape index (κ2) is 6.93. The van der Waals surface area contributed by atoms with Crippen LogP contribution in [0.15, 0.2) is 59.1 Å². The van der Waals surface area contributed by atoms with Gasteiger partial charge in [0.05, 0.1) is 11.8 Å². The summed E-state index contributed by atoms with van der Waals surface area (Å²) in [5, 5.41) is 6.35. The van der Waals surface area contributed by atoms with Gasteiger partial charge in [-0.1, -0.05) is 53.7 Å². The van der Waals surface area contributed by atoms with Gasteiger partial charge >= 0.3 is 0 Å². The fraction of sp³-hybridized carbons (Fsp3) is 0.280. The number of likely N-dealkylation sites (tertiary alicyclic amines) is 1. The number of hydrogen-bond donors (Lipinski definition) is 1. The van der Waals surface area contributed by atoms with Gasteiger partial charge in [0.25, 0.3) is 0 Å². The van der Waals surface area contributed by atoms with Crippen molar-refractivity contribution in [2.75, 3.05) is 5.32 Å². The van der Waals surface area contributed by atoms with E-state index >= 15 is 0 Å². The van der Waals surface area contributed by atoms with E-state index in [-0.39, 0.29) is 5.82 Å². The molecule has 0 unspecified atom stereocenters. The summed E-state index contributed by atoms with van der Waals surface area (Å²) < 4.78 is 4.98. The first-order chi connectivity index (χ1) is 16.2. The summed E-state index contributed by atoms with van der Waals surface area (Å²) in [5.41, 5.74) is 2.85. The molecule has 9 heteroatoms. The van der Waals surface area contributed by atoms with E-state index in [2.05, 4.69) is 10.5 Å². The summed E-state index contributed by atoms with van der Waals surface area (Å²) in [5.74, 6) is -2.78. The second-order valence-electron chi connectivity index (χ2n) is 9.00. The van der Waals surface area contributed by atoms with Gasteiger partial charge in [0.15, 0.2) is 5.82 Å². The van der Waals surface area contributed by atoms with Crippen molar-refractivity contribution < 1.29 is 18.9 Å². The largest absolute Gasteiger partial charge is 0.360 e. The van der Waals surface area contributed by atoms with Crippen molar-refractivity contribution in [3.05, 3.63) is 82.6 Å². The number of halogens is 2. The minimum atomic E-state index is -1.28. The first-order valence-electron chi connectivity index (χ1n) is 10.9. The molecule has 3 aliphatic carbocycles. The summed E-state index contributed by atoms with van der Waals surface area (Å²) in [6, 6.07) is 15.2. The Balaban J connectivity index is 1.47. The van der Waals surface area contributed by atoms with Gasteiger partial charge in [0.2, 0.25) is 17.7 Å². The number of rotatable bonds is 3. The summed E-state index contributed by atoms with van der Waals surface area (Å²) >= 11 is 14.8. The van der Waals surface area contributed by atoms with Crippen LogP contribution in [0.5, 0.6) is 0 Å². The maximum Gasteiger partial charge on any atom is 0.248 e. The van der Waals surface area contributed by atoms with E-state index in [9.17, 15) is 14.4 Å². The van der Waals surface area contributed by atoms with Crippen LogP contribution in [0, 0.1) is 18.8 Å². The predicted octanol–water partition coefficient (Wildman–Crippen LogP) is 3.90. The summed E-state index contributed by atoms with van der Waals surface area (Å²) in [6.07, 6.45) is 0. The van der Waals surface area contributed by atoms with Crippen molar-refractivity contribution in [2.45, 2.75) is 29.6 Å². The fourth-order valence-electron chi connectivity index (χ4n) is 5.84. The Morgan fingerprint density at radius 1 is 0.971 bits per heavy atom. The van der Waals surface area contributed by atoms with Crippen LogP contribution in [0.25, 0.3) is 0 Å². The van der Waals surface area contributed by atoms with E-state index in [0.717, 1.165) is 4.90 Å². The maximum absolute atomic E-state index is 13.9.